The Hall–Kier alpha value is -2.20. The van der Waals surface area contributed by atoms with Gasteiger partial charge in [0, 0.05) is 5.02 Å². The fourth-order valence-corrected chi connectivity index (χ4v) is 1.93. The van der Waals surface area contributed by atoms with Gasteiger partial charge in [-0.3, -0.25) is 0 Å². The molecule has 122 valence electrons. The maximum Gasteiger partial charge on any atom is 0.347 e. The van der Waals surface area contributed by atoms with Crippen LogP contribution in [0.4, 0.5) is 0 Å². The Labute approximate surface area is 140 Å². The zero-order valence-corrected chi connectivity index (χ0v) is 14.0. The summed E-state index contributed by atoms with van der Waals surface area (Å²) in [6.45, 7) is 5.25. The van der Waals surface area contributed by atoms with Crippen molar-refractivity contribution in [3.8, 4) is 17.2 Å². The summed E-state index contributed by atoms with van der Waals surface area (Å²) in [5.74, 6) is 1.54. The van der Waals surface area contributed by atoms with Gasteiger partial charge >= 0.3 is 5.97 Å². The number of rotatable bonds is 6. The molecule has 0 spiro atoms. The number of carbonyl (C=O) groups excluding carboxylic acids is 1. The fraction of sp³-hybridized carbons (Fsp3) is 0.278. The van der Waals surface area contributed by atoms with Crippen LogP contribution in [0.3, 0.4) is 0 Å². The van der Waals surface area contributed by atoms with E-state index in [9.17, 15) is 4.79 Å². The number of halogens is 1. The molecule has 0 bridgehead atoms. The predicted molar refractivity (Wildman–Crippen MR) is 89.3 cm³/mol. The second kappa shape index (κ2) is 7.88. The van der Waals surface area contributed by atoms with Gasteiger partial charge in [0.2, 0.25) is 0 Å². The minimum absolute atomic E-state index is 0.163. The van der Waals surface area contributed by atoms with Gasteiger partial charge < -0.3 is 14.2 Å². The van der Waals surface area contributed by atoms with Crippen molar-refractivity contribution < 1.29 is 19.0 Å². The minimum Gasteiger partial charge on any atom is -0.479 e. The third-order valence-corrected chi connectivity index (χ3v) is 3.12. The van der Waals surface area contributed by atoms with Crippen LogP contribution in [-0.4, -0.2) is 18.2 Å². The van der Waals surface area contributed by atoms with Crippen LogP contribution in [-0.2, 0) is 9.53 Å². The number of carbonyl (C=O) groups is 1. The molecule has 0 radical (unpaired) electrons. The molecule has 0 aliphatic heterocycles. The first kappa shape index (κ1) is 17.2. The van der Waals surface area contributed by atoms with Crippen molar-refractivity contribution in [2.24, 2.45) is 0 Å². The van der Waals surface area contributed by atoms with Gasteiger partial charge in [0.05, 0.1) is 6.10 Å². The number of esters is 1. The van der Waals surface area contributed by atoms with E-state index in [-0.39, 0.29) is 12.1 Å². The van der Waals surface area contributed by atoms with E-state index in [1.165, 1.54) is 0 Å². The van der Waals surface area contributed by atoms with Gasteiger partial charge in [-0.1, -0.05) is 11.6 Å². The topological polar surface area (TPSA) is 44.8 Å². The van der Waals surface area contributed by atoms with Crippen LogP contribution in [0.1, 0.15) is 20.8 Å². The first-order valence-corrected chi connectivity index (χ1v) is 7.72. The Kier molecular flexibility index (Phi) is 5.88. The molecule has 0 fully saturated rings. The van der Waals surface area contributed by atoms with E-state index in [0.29, 0.717) is 22.3 Å². The summed E-state index contributed by atoms with van der Waals surface area (Å²) in [6.07, 6.45) is -0.830. The molecular weight excluding hydrogens is 316 g/mol. The van der Waals surface area contributed by atoms with Crippen LogP contribution in [0, 0.1) is 0 Å². The summed E-state index contributed by atoms with van der Waals surface area (Å²) < 4.78 is 16.3. The molecule has 2 aromatic rings. The Balaban J connectivity index is 1.94. The number of hydrogen-bond acceptors (Lipinski definition) is 4. The van der Waals surface area contributed by atoms with Crippen molar-refractivity contribution in [2.45, 2.75) is 33.0 Å². The summed E-state index contributed by atoms with van der Waals surface area (Å²) in [5.41, 5.74) is 0. The molecule has 0 aliphatic rings. The van der Waals surface area contributed by atoms with Crippen molar-refractivity contribution in [1.82, 2.24) is 0 Å². The monoisotopic (exact) mass is 334 g/mol. The van der Waals surface area contributed by atoms with Crippen molar-refractivity contribution in [3.05, 3.63) is 53.6 Å². The standard InChI is InChI=1S/C18H19ClO4/c1-12(2)21-18(20)13(3)22-15-8-10-17(11-9-15)23-16-6-4-14(19)5-7-16/h4-13H,1-3H3. The van der Waals surface area contributed by atoms with Crippen molar-refractivity contribution in [1.29, 1.82) is 0 Å². The zero-order valence-electron chi connectivity index (χ0n) is 13.3. The maximum atomic E-state index is 11.7. The third kappa shape index (κ3) is 5.49. The molecule has 23 heavy (non-hydrogen) atoms. The van der Waals surface area contributed by atoms with E-state index in [1.807, 2.05) is 0 Å². The smallest absolute Gasteiger partial charge is 0.347 e. The van der Waals surface area contributed by atoms with Crippen LogP contribution in [0.25, 0.3) is 0 Å². The molecule has 0 aromatic heterocycles. The normalized spacial score (nSPS) is 11.9. The second-order valence-electron chi connectivity index (χ2n) is 5.27. The molecule has 1 atom stereocenters. The molecule has 0 heterocycles. The molecular formula is C18H19ClO4. The van der Waals surface area contributed by atoms with E-state index in [0.717, 1.165) is 0 Å². The average Bonchev–Trinajstić information content (AvgIpc) is 2.51. The van der Waals surface area contributed by atoms with Gasteiger partial charge in [-0.15, -0.1) is 0 Å². The Bertz CT molecular complexity index is 635. The highest BCUT2D eigenvalue weighted by Crippen LogP contribution is 2.25. The SMILES string of the molecule is CC(C)OC(=O)C(C)Oc1ccc(Oc2ccc(Cl)cc2)cc1. The van der Waals surface area contributed by atoms with Crippen LogP contribution in [0.5, 0.6) is 17.2 Å². The largest absolute Gasteiger partial charge is 0.479 e. The minimum atomic E-state index is -0.666. The van der Waals surface area contributed by atoms with Gasteiger partial charge in [-0.05, 0) is 69.3 Å². The van der Waals surface area contributed by atoms with Gasteiger partial charge in [0.1, 0.15) is 17.2 Å². The van der Waals surface area contributed by atoms with Gasteiger partial charge in [-0.25, -0.2) is 4.79 Å². The number of hydrogen-bond donors (Lipinski definition) is 0. The fourth-order valence-electron chi connectivity index (χ4n) is 1.81. The Morgan fingerprint density at radius 1 is 0.870 bits per heavy atom. The molecule has 2 aromatic carbocycles. The number of benzene rings is 2. The van der Waals surface area contributed by atoms with Crippen LogP contribution in [0.15, 0.2) is 48.5 Å². The zero-order chi connectivity index (χ0) is 16.8. The summed E-state index contributed by atoms with van der Waals surface area (Å²) in [7, 11) is 0. The third-order valence-electron chi connectivity index (χ3n) is 2.87. The van der Waals surface area contributed by atoms with Crippen LogP contribution in [0.2, 0.25) is 5.02 Å². The van der Waals surface area contributed by atoms with Crippen molar-refractivity contribution >= 4 is 17.6 Å². The lowest BCUT2D eigenvalue weighted by Gasteiger charge is -2.16. The Morgan fingerprint density at radius 3 is 1.87 bits per heavy atom. The highest BCUT2D eigenvalue weighted by Gasteiger charge is 2.17. The lowest BCUT2D eigenvalue weighted by Crippen LogP contribution is -2.28. The second-order valence-corrected chi connectivity index (χ2v) is 5.71. The molecule has 1 unspecified atom stereocenters. The lowest BCUT2D eigenvalue weighted by atomic mass is 10.3. The highest BCUT2D eigenvalue weighted by molar-refractivity contribution is 6.30. The first-order valence-electron chi connectivity index (χ1n) is 7.34. The lowest BCUT2D eigenvalue weighted by molar-refractivity contribution is -0.154. The quantitative estimate of drug-likeness (QED) is 0.708. The molecule has 0 aliphatic carbocycles. The molecule has 4 nitrogen and oxygen atoms in total. The molecule has 0 saturated heterocycles. The van der Waals surface area contributed by atoms with E-state index in [2.05, 4.69) is 0 Å². The van der Waals surface area contributed by atoms with E-state index >= 15 is 0 Å². The molecule has 0 N–H and O–H groups in total. The van der Waals surface area contributed by atoms with Crippen molar-refractivity contribution in [2.75, 3.05) is 0 Å². The van der Waals surface area contributed by atoms with Gasteiger partial charge in [-0.2, -0.15) is 0 Å². The summed E-state index contributed by atoms with van der Waals surface area (Å²) >= 11 is 5.83. The van der Waals surface area contributed by atoms with E-state index in [4.69, 9.17) is 25.8 Å². The van der Waals surface area contributed by atoms with Gasteiger partial charge in [0.25, 0.3) is 0 Å². The number of ether oxygens (including phenoxy) is 3. The highest BCUT2D eigenvalue weighted by atomic mass is 35.5. The van der Waals surface area contributed by atoms with Crippen LogP contribution < -0.4 is 9.47 Å². The molecule has 5 heteroatoms. The summed E-state index contributed by atoms with van der Waals surface area (Å²) in [4.78, 5) is 11.7. The molecule has 0 saturated carbocycles. The summed E-state index contributed by atoms with van der Waals surface area (Å²) in [6, 6.07) is 14.1. The predicted octanol–water partition coefficient (Wildman–Crippen LogP) is 4.85. The molecule has 0 amide bonds. The molecule has 2 rings (SSSR count). The maximum absolute atomic E-state index is 11.7. The average molecular weight is 335 g/mol. The van der Waals surface area contributed by atoms with Gasteiger partial charge in [0.15, 0.2) is 6.10 Å². The van der Waals surface area contributed by atoms with Crippen LogP contribution >= 0.6 is 11.6 Å². The van der Waals surface area contributed by atoms with E-state index < -0.39 is 6.10 Å². The first-order chi connectivity index (χ1) is 10.9. The summed E-state index contributed by atoms with van der Waals surface area (Å²) in [5, 5.41) is 0.656. The van der Waals surface area contributed by atoms with E-state index in [1.54, 1.807) is 69.3 Å². The Morgan fingerprint density at radius 2 is 1.35 bits per heavy atom. The van der Waals surface area contributed by atoms with Crippen molar-refractivity contribution in [3.63, 3.8) is 0 Å².